The number of rotatable bonds is 1. The van der Waals surface area contributed by atoms with Gasteiger partial charge in [-0.25, -0.2) is 0 Å². The Balaban J connectivity index is 2.77. The predicted molar refractivity (Wildman–Crippen MR) is 42.9 cm³/mol. The third kappa shape index (κ3) is 0.888. The van der Waals surface area contributed by atoms with Gasteiger partial charge < -0.3 is 15.0 Å². The lowest BCUT2D eigenvalue weighted by Gasteiger charge is -2.08. The Hall–Kier alpha value is -1.38. The van der Waals surface area contributed by atoms with Gasteiger partial charge in [-0.2, -0.15) is 0 Å². The molecule has 1 aromatic heterocycles. The number of methoxy groups -OCH3 is 1. The van der Waals surface area contributed by atoms with Gasteiger partial charge in [-0.1, -0.05) is 0 Å². The highest BCUT2D eigenvalue weighted by atomic mass is 16.5. The summed E-state index contributed by atoms with van der Waals surface area (Å²) < 4.78 is 5.19. The highest BCUT2D eigenvalue weighted by molar-refractivity contribution is 5.44. The van der Waals surface area contributed by atoms with E-state index in [4.69, 9.17) is 4.74 Å². The Morgan fingerprint density at radius 3 is 3.27 bits per heavy atom. The van der Waals surface area contributed by atoms with Crippen molar-refractivity contribution in [3.05, 3.63) is 22.8 Å². The maximum atomic E-state index is 5.19. The van der Waals surface area contributed by atoms with Crippen molar-refractivity contribution in [1.82, 2.24) is 10.3 Å². The molecule has 1 aliphatic heterocycles. The molecule has 3 nitrogen and oxygen atoms in total. The van der Waals surface area contributed by atoms with Crippen LogP contribution < -0.4 is 15.9 Å². The van der Waals surface area contributed by atoms with Crippen molar-refractivity contribution in [1.29, 1.82) is 0 Å². The number of hydrogen-bond donors (Lipinski definition) is 2. The minimum Gasteiger partial charge on any atom is -0.499 e. The lowest BCUT2D eigenvalue weighted by molar-refractivity contribution is 0.352. The lowest BCUT2D eigenvalue weighted by Crippen LogP contribution is -2.35. The van der Waals surface area contributed by atoms with Crippen molar-refractivity contribution >= 4 is 12.0 Å². The summed E-state index contributed by atoms with van der Waals surface area (Å²) in [7, 11) is 1.69. The molecule has 0 amide bonds. The van der Waals surface area contributed by atoms with Gasteiger partial charge in [-0.3, -0.25) is 0 Å². The monoisotopic (exact) mass is 150 g/mol. The molecular weight excluding hydrogens is 140 g/mol. The molecule has 0 atom stereocenters. The molecule has 0 radical (unpaired) electrons. The topological polar surface area (TPSA) is 37.0 Å². The van der Waals surface area contributed by atoms with Crippen molar-refractivity contribution in [2.45, 2.75) is 0 Å². The van der Waals surface area contributed by atoms with Crippen molar-refractivity contribution < 1.29 is 4.74 Å². The van der Waals surface area contributed by atoms with Crippen molar-refractivity contribution in [3.8, 4) is 0 Å². The minimum atomic E-state index is 0.779. The van der Waals surface area contributed by atoms with Gasteiger partial charge in [0.1, 0.15) is 5.76 Å². The first-order chi connectivity index (χ1) is 5.42. The molecule has 0 saturated carbocycles. The van der Waals surface area contributed by atoms with Gasteiger partial charge in [0.15, 0.2) is 0 Å². The van der Waals surface area contributed by atoms with E-state index in [0.29, 0.717) is 0 Å². The third-order valence-corrected chi connectivity index (χ3v) is 1.83. The molecule has 0 bridgehead atoms. The van der Waals surface area contributed by atoms with Crippen molar-refractivity contribution in [3.63, 3.8) is 0 Å². The zero-order valence-corrected chi connectivity index (χ0v) is 6.35. The summed E-state index contributed by atoms with van der Waals surface area (Å²) >= 11 is 0. The van der Waals surface area contributed by atoms with Crippen LogP contribution in [0.2, 0.25) is 0 Å². The summed E-state index contributed by atoms with van der Waals surface area (Å²) in [6.45, 7) is 0.779. The molecule has 0 aromatic carbocycles. The Bertz CT molecular complexity index is 364. The lowest BCUT2D eigenvalue weighted by atomic mass is 10.3. The Labute approximate surface area is 64.4 Å². The summed E-state index contributed by atoms with van der Waals surface area (Å²) in [6, 6.07) is 2.02. The molecule has 2 N–H and O–H groups in total. The Kier molecular flexibility index (Phi) is 1.35. The zero-order valence-electron chi connectivity index (χ0n) is 6.35. The molecule has 0 fully saturated rings. The number of fused-ring (bicyclic) bond motifs is 1. The first kappa shape index (κ1) is 6.34. The van der Waals surface area contributed by atoms with Crippen LogP contribution in [0, 0.1) is 0 Å². The first-order valence-electron chi connectivity index (χ1n) is 3.56. The SMILES string of the molecule is COC1=c2cc[nH]c2=CNC1. The number of nitrogens with one attached hydrogen (secondary N) is 2. The second kappa shape index (κ2) is 2.34. The fourth-order valence-corrected chi connectivity index (χ4v) is 1.27. The van der Waals surface area contributed by atoms with Crippen molar-refractivity contribution in [2.75, 3.05) is 13.7 Å². The van der Waals surface area contributed by atoms with E-state index < -0.39 is 0 Å². The van der Waals surface area contributed by atoms with Gasteiger partial charge in [-0.15, -0.1) is 0 Å². The van der Waals surface area contributed by atoms with Crippen LogP contribution in [0.1, 0.15) is 0 Å². The van der Waals surface area contributed by atoms with Crippen LogP contribution in [0.5, 0.6) is 0 Å². The maximum absolute atomic E-state index is 5.19. The van der Waals surface area contributed by atoms with Gasteiger partial charge in [0, 0.05) is 17.6 Å². The molecule has 0 saturated heterocycles. The molecule has 0 unspecified atom stereocenters. The quantitative estimate of drug-likeness (QED) is 0.545. The molecule has 1 aliphatic rings. The second-order valence-corrected chi connectivity index (χ2v) is 2.46. The fourth-order valence-electron chi connectivity index (χ4n) is 1.27. The van der Waals surface area contributed by atoms with Crippen molar-refractivity contribution in [2.24, 2.45) is 0 Å². The smallest absolute Gasteiger partial charge is 0.124 e. The summed E-state index contributed by atoms with van der Waals surface area (Å²) in [4.78, 5) is 3.10. The van der Waals surface area contributed by atoms with E-state index in [1.165, 1.54) is 0 Å². The van der Waals surface area contributed by atoms with Gasteiger partial charge in [-0.05, 0) is 6.07 Å². The number of H-pyrrole nitrogens is 1. The van der Waals surface area contributed by atoms with Crippen LogP contribution in [-0.4, -0.2) is 18.6 Å². The Morgan fingerprint density at radius 2 is 2.45 bits per heavy atom. The summed E-state index contributed by atoms with van der Waals surface area (Å²) in [5, 5.41) is 5.36. The van der Waals surface area contributed by atoms with E-state index in [0.717, 1.165) is 22.9 Å². The Morgan fingerprint density at radius 1 is 1.55 bits per heavy atom. The van der Waals surface area contributed by atoms with Gasteiger partial charge in [0.05, 0.1) is 19.0 Å². The second-order valence-electron chi connectivity index (χ2n) is 2.46. The fraction of sp³-hybridized carbons (Fsp3) is 0.250. The zero-order chi connectivity index (χ0) is 7.68. The number of aromatic amines is 1. The van der Waals surface area contributed by atoms with Crippen LogP contribution in [-0.2, 0) is 4.74 Å². The van der Waals surface area contributed by atoms with Crippen LogP contribution in [0.15, 0.2) is 12.3 Å². The third-order valence-electron chi connectivity index (χ3n) is 1.83. The minimum absolute atomic E-state index is 0.779. The predicted octanol–water partition coefficient (Wildman–Crippen LogP) is -0.889. The van der Waals surface area contributed by atoms with E-state index in [1.54, 1.807) is 7.11 Å². The van der Waals surface area contributed by atoms with E-state index in [2.05, 4.69) is 10.3 Å². The molecule has 3 heteroatoms. The van der Waals surface area contributed by atoms with Crippen LogP contribution in [0.4, 0.5) is 0 Å². The van der Waals surface area contributed by atoms with Crippen LogP contribution >= 0.6 is 0 Å². The normalized spacial score (nSPS) is 14.8. The summed E-state index contributed by atoms with van der Waals surface area (Å²) in [5.74, 6) is 0.990. The number of aromatic nitrogens is 1. The number of hydrogen-bond acceptors (Lipinski definition) is 2. The number of ether oxygens (including phenoxy) is 1. The molecule has 0 aliphatic carbocycles. The average Bonchev–Trinajstić information content (AvgIpc) is 2.50. The molecule has 2 rings (SSSR count). The standard InChI is InChI=1S/C8H10N2O/c1-11-8-5-9-4-7-6(8)2-3-10-7/h2-4,9-10H,5H2,1H3. The summed E-state index contributed by atoms with van der Waals surface area (Å²) in [6.07, 6.45) is 3.87. The molecule has 11 heavy (non-hydrogen) atoms. The van der Waals surface area contributed by atoms with Crippen LogP contribution in [0.3, 0.4) is 0 Å². The highest BCUT2D eigenvalue weighted by Crippen LogP contribution is 1.91. The maximum Gasteiger partial charge on any atom is 0.124 e. The molecule has 1 aromatic rings. The molecule has 2 heterocycles. The van der Waals surface area contributed by atoms with E-state index in [9.17, 15) is 0 Å². The van der Waals surface area contributed by atoms with E-state index in [-0.39, 0.29) is 0 Å². The molecule has 58 valence electrons. The van der Waals surface area contributed by atoms with Gasteiger partial charge in [0.2, 0.25) is 0 Å². The average molecular weight is 150 g/mol. The summed E-state index contributed by atoms with van der Waals surface area (Å²) in [5.41, 5.74) is 0. The molecule has 0 spiro atoms. The first-order valence-corrected chi connectivity index (χ1v) is 3.56. The van der Waals surface area contributed by atoms with Gasteiger partial charge >= 0.3 is 0 Å². The van der Waals surface area contributed by atoms with Crippen LogP contribution in [0.25, 0.3) is 12.0 Å². The molecular formula is C8H10N2O. The van der Waals surface area contributed by atoms with Gasteiger partial charge in [0.25, 0.3) is 0 Å². The van der Waals surface area contributed by atoms with E-state index in [1.807, 2.05) is 18.5 Å². The largest absolute Gasteiger partial charge is 0.499 e. The highest BCUT2D eigenvalue weighted by Gasteiger charge is 2.02. The van der Waals surface area contributed by atoms with E-state index >= 15 is 0 Å².